The number of aliphatic hydroxyl groups excluding tert-OH is 1. The molecule has 1 aromatic heterocycles. The number of pyridine rings is 1. The monoisotopic (exact) mass is 226 g/mol. The fourth-order valence-electron chi connectivity index (χ4n) is 0.861. The molecule has 7 heteroatoms. The second kappa shape index (κ2) is 3.62. The van der Waals surface area contributed by atoms with Crippen LogP contribution in [0.2, 0.25) is 5.02 Å². The van der Waals surface area contributed by atoms with E-state index >= 15 is 0 Å². The minimum absolute atomic E-state index is 0.0162. The number of halogens is 4. The SMILES string of the molecule is Nc1ncc(Cl)cc1[C@H](O)C(F)(F)F. The van der Waals surface area contributed by atoms with Gasteiger partial charge in [0.2, 0.25) is 0 Å². The highest BCUT2D eigenvalue weighted by Gasteiger charge is 2.40. The van der Waals surface area contributed by atoms with Crippen molar-refractivity contribution in [1.29, 1.82) is 0 Å². The first-order chi connectivity index (χ1) is 6.32. The molecule has 78 valence electrons. The summed E-state index contributed by atoms with van der Waals surface area (Å²) in [4.78, 5) is 3.40. The third kappa shape index (κ3) is 2.27. The van der Waals surface area contributed by atoms with Crippen molar-refractivity contribution in [2.24, 2.45) is 0 Å². The van der Waals surface area contributed by atoms with Gasteiger partial charge in [-0.2, -0.15) is 13.2 Å². The lowest BCUT2D eigenvalue weighted by molar-refractivity contribution is -0.206. The molecule has 0 amide bonds. The van der Waals surface area contributed by atoms with E-state index in [4.69, 9.17) is 22.4 Å². The molecule has 0 saturated carbocycles. The second-order valence-corrected chi connectivity index (χ2v) is 3.01. The molecule has 1 rings (SSSR count). The molecule has 0 saturated heterocycles. The van der Waals surface area contributed by atoms with Crippen molar-refractivity contribution in [3.8, 4) is 0 Å². The van der Waals surface area contributed by atoms with Crippen molar-refractivity contribution in [2.45, 2.75) is 12.3 Å². The van der Waals surface area contributed by atoms with Gasteiger partial charge in [0.25, 0.3) is 0 Å². The maximum atomic E-state index is 12.1. The van der Waals surface area contributed by atoms with Crippen LogP contribution in [0.4, 0.5) is 19.0 Å². The van der Waals surface area contributed by atoms with Crippen LogP contribution in [0, 0.1) is 0 Å². The first-order valence-corrected chi connectivity index (χ1v) is 3.86. The van der Waals surface area contributed by atoms with Gasteiger partial charge in [0, 0.05) is 11.8 Å². The molecule has 0 radical (unpaired) electrons. The van der Waals surface area contributed by atoms with Crippen LogP contribution in [-0.2, 0) is 0 Å². The van der Waals surface area contributed by atoms with Crippen LogP contribution in [0.5, 0.6) is 0 Å². The Morgan fingerprint density at radius 3 is 2.57 bits per heavy atom. The van der Waals surface area contributed by atoms with Gasteiger partial charge in [-0.3, -0.25) is 0 Å². The maximum absolute atomic E-state index is 12.1. The number of rotatable bonds is 1. The van der Waals surface area contributed by atoms with Crippen LogP contribution in [0.15, 0.2) is 12.3 Å². The van der Waals surface area contributed by atoms with E-state index in [1.807, 2.05) is 0 Å². The van der Waals surface area contributed by atoms with Crippen LogP contribution in [0.1, 0.15) is 11.7 Å². The molecule has 1 heterocycles. The van der Waals surface area contributed by atoms with Crippen LogP contribution >= 0.6 is 11.6 Å². The zero-order chi connectivity index (χ0) is 10.9. The highest BCUT2D eigenvalue weighted by atomic mass is 35.5. The molecule has 14 heavy (non-hydrogen) atoms. The van der Waals surface area contributed by atoms with Gasteiger partial charge in [-0.15, -0.1) is 0 Å². The van der Waals surface area contributed by atoms with Crippen LogP contribution < -0.4 is 5.73 Å². The zero-order valence-electron chi connectivity index (χ0n) is 6.72. The van der Waals surface area contributed by atoms with E-state index in [2.05, 4.69) is 4.98 Å². The summed E-state index contributed by atoms with van der Waals surface area (Å²) in [5.41, 5.74) is 4.62. The molecule has 0 unspecified atom stereocenters. The normalized spacial score (nSPS) is 14.1. The standard InChI is InChI=1S/C7H6ClF3N2O/c8-3-1-4(6(12)13-2-3)5(14)7(9,10)11/h1-2,5,14H,(H2,12,13)/t5-/m0/s1. The Balaban J connectivity index is 3.12. The minimum atomic E-state index is -4.78. The van der Waals surface area contributed by atoms with Gasteiger partial charge >= 0.3 is 6.18 Å². The second-order valence-electron chi connectivity index (χ2n) is 2.57. The van der Waals surface area contributed by atoms with Gasteiger partial charge in [-0.05, 0) is 6.07 Å². The summed E-state index contributed by atoms with van der Waals surface area (Å²) < 4.78 is 36.2. The Morgan fingerprint density at radius 2 is 2.07 bits per heavy atom. The van der Waals surface area contributed by atoms with Gasteiger partial charge in [-0.25, -0.2) is 4.98 Å². The number of nitrogen functional groups attached to an aromatic ring is 1. The molecule has 0 spiro atoms. The first kappa shape index (κ1) is 11.1. The summed E-state index contributed by atoms with van der Waals surface area (Å²) in [7, 11) is 0. The highest BCUT2D eigenvalue weighted by molar-refractivity contribution is 6.30. The van der Waals surface area contributed by atoms with Crippen molar-refractivity contribution < 1.29 is 18.3 Å². The minimum Gasteiger partial charge on any atom is -0.383 e. The Kier molecular flexibility index (Phi) is 2.86. The Morgan fingerprint density at radius 1 is 1.50 bits per heavy atom. The predicted molar refractivity (Wildman–Crippen MR) is 44.7 cm³/mol. The van der Waals surface area contributed by atoms with E-state index in [9.17, 15) is 13.2 Å². The number of nitrogens with two attached hydrogens (primary N) is 1. The number of nitrogens with zero attached hydrogens (tertiary/aromatic N) is 1. The van der Waals surface area contributed by atoms with Crippen LogP contribution in [0.3, 0.4) is 0 Å². The van der Waals surface area contributed by atoms with E-state index in [0.717, 1.165) is 12.3 Å². The van der Waals surface area contributed by atoms with Crippen molar-refractivity contribution >= 4 is 17.4 Å². The van der Waals surface area contributed by atoms with Gasteiger partial charge in [0.1, 0.15) is 5.82 Å². The number of alkyl halides is 3. The lowest BCUT2D eigenvalue weighted by Crippen LogP contribution is -2.21. The zero-order valence-corrected chi connectivity index (χ0v) is 7.47. The Labute approximate surface area is 82.3 Å². The van der Waals surface area contributed by atoms with Gasteiger partial charge in [0.05, 0.1) is 5.02 Å². The fraction of sp³-hybridized carbons (Fsp3) is 0.286. The van der Waals surface area contributed by atoms with Crippen molar-refractivity contribution in [2.75, 3.05) is 5.73 Å². The molecule has 0 aliphatic carbocycles. The van der Waals surface area contributed by atoms with E-state index < -0.39 is 17.8 Å². The number of hydrogen-bond acceptors (Lipinski definition) is 3. The van der Waals surface area contributed by atoms with Crippen LogP contribution in [0.25, 0.3) is 0 Å². The third-order valence-electron chi connectivity index (χ3n) is 1.52. The van der Waals surface area contributed by atoms with Crippen LogP contribution in [-0.4, -0.2) is 16.3 Å². The van der Waals surface area contributed by atoms with Gasteiger partial charge in [0.15, 0.2) is 6.10 Å². The highest BCUT2D eigenvalue weighted by Crippen LogP contribution is 2.35. The van der Waals surface area contributed by atoms with E-state index in [0.29, 0.717) is 0 Å². The van der Waals surface area contributed by atoms with E-state index in [-0.39, 0.29) is 10.8 Å². The van der Waals surface area contributed by atoms with E-state index in [1.165, 1.54) is 0 Å². The summed E-state index contributed by atoms with van der Waals surface area (Å²) >= 11 is 5.41. The largest absolute Gasteiger partial charge is 0.418 e. The Hall–Kier alpha value is -1.01. The fourth-order valence-corrected chi connectivity index (χ4v) is 1.03. The lowest BCUT2D eigenvalue weighted by Gasteiger charge is -2.15. The average molecular weight is 227 g/mol. The molecule has 3 N–H and O–H groups in total. The number of anilines is 1. The number of hydrogen-bond donors (Lipinski definition) is 2. The molecular formula is C7H6ClF3N2O. The quantitative estimate of drug-likeness (QED) is 0.769. The van der Waals surface area contributed by atoms with E-state index in [1.54, 1.807) is 0 Å². The molecule has 1 aromatic rings. The molecule has 0 aliphatic heterocycles. The van der Waals surface area contributed by atoms with Crippen molar-refractivity contribution in [3.63, 3.8) is 0 Å². The van der Waals surface area contributed by atoms with Crippen molar-refractivity contribution in [1.82, 2.24) is 4.98 Å². The molecule has 3 nitrogen and oxygen atoms in total. The van der Waals surface area contributed by atoms with Gasteiger partial charge < -0.3 is 10.8 Å². The maximum Gasteiger partial charge on any atom is 0.418 e. The smallest absolute Gasteiger partial charge is 0.383 e. The third-order valence-corrected chi connectivity index (χ3v) is 1.73. The molecule has 1 atom stereocenters. The summed E-state index contributed by atoms with van der Waals surface area (Å²) in [6.45, 7) is 0. The summed E-state index contributed by atoms with van der Waals surface area (Å²) in [6, 6.07) is 0.933. The lowest BCUT2D eigenvalue weighted by atomic mass is 10.1. The summed E-state index contributed by atoms with van der Waals surface area (Å²) in [6.07, 6.45) is -6.34. The first-order valence-electron chi connectivity index (χ1n) is 3.48. The molecular weight excluding hydrogens is 221 g/mol. The molecule has 0 aromatic carbocycles. The molecule has 0 fully saturated rings. The molecule has 0 aliphatic rings. The Bertz CT molecular complexity index is 342. The number of aromatic nitrogens is 1. The summed E-state index contributed by atoms with van der Waals surface area (Å²) in [5, 5.41) is 8.84. The molecule has 0 bridgehead atoms. The summed E-state index contributed by atoms with van der Waals surface area (Å²) in [5.74, 6) is -0.390. The predicted octanol–water partition coefficient (Wildman–Crippen LogP) is 1.91. The number of aliphatic hydroxyl groups is 1. The average Bonchev–Trinajstić information content (AvgIpc) is 2.06. The topological polar surface area (TPSA) is 59.1 Å². The van der Waals surface area contributed by atoms with Gasteiger partial charge in [-0.1, -0.05) is 11.6 Å². The van der Waals surface area contributed by atoms with Crippen molar-refractivity contribution in [3.05, 3.63) is 22.8 Å².